The fourth-order valence-corrected chi connectivity index (χ4v) is 1.57. The highest BCUT2D eigenvalue weighted by molar-refractivity contribution is 5.91. The van der Waals surface area contributed by atoms with E-state index in [0.717, 1.165) is 11.3 Å². The second kappa shape index (κ2) is 5.44. The highest BCUT2D eigenvalue weighted by Gasteiger charge is 2.08. The Balaban J connectivity index is 1.95. The van der Waals surface area contributed by atoms with E-state index < -0.39 is 0 Å². The van der Waals surface area contributed by atoms with Crippen LogP contribution >= 0.6 is 0 Å². The molecule has 5 heteroatoms. The summed E-state index contributed by atoms with van der Waals surface area (Å²) >= 11 is 0. The van der Waals surface area contributed by atoms with Crippen molar-refractivity contribution in [2.45, 2.75) is 26.2 Å². The van der Waals surface area contributed by atoms with Crippen molar-refractivity contribution in [2.24, 2.45) is 0 Å². The van der Waals surface area contributed by atoms with Crippen molar-refractivity contribution in [1.29, 1.82) is 0 Å². The number of hydrogen-bond donors (Lipinski definition) is 2. The summed E-state index contributed by atoms with van der Waals surface area (Å²) in [4.78, 5) is 15.7. The van der Waals surface area contributed by atoms with Gasteiger partial charge < -0.3 is 5.32 Å². The van der Waals surface area contributed by atoms with Gasteiger partial charge in [-0.2, -0.15) is 5.10 Å². The molecule has 18 heavy (non-hydrogen) atoms. The molecule has 2 heterocycles. The van der Waals surface area contributed by atoms with Crippen molar-refractivity contribution in [3.8, 4) is 0 Å². The van der Waals surface area contributed by atoms with Crippen molar-refractivity contribution in [2.75, 3.05) is 5.32 Å². The van der Waals surface area contributed by atoms with Crippen molar-refractivity contribution >= 4 is 11.7 Å². The number of rotatable bonds is 4. The molecule has 0 aliphatic carbocycles. The van der Waals surface area contributed by atoms with Gasteiger partial charge in [0.05, 0.1) is 6.42 Å². The third-order valence-corrected chi connectivity index (χ3v) is 2.60. The van der Waals surface area contributed by atoms with Gasteiger partial charge >= 0.3 is 0 Å². The van der Waals surface area contributed by atoms with Gasteiger partial charge in [-0.25, -0.2) is 0 Å². The normalized spacial score (nSPS) is 10.6. The van der Waals surface area contributed by atoms with Gasteiger partial charge in [0.25, 0.3) is 0 Å². The van der Waals surface area contributed by atoms with E-state index in [1.54, 1.807) is 12.4 Å². The van der Waals surface area contributed by atoms with Crippen LogP contribution in [0, 0.1) is 0 Å². The fourth-order valence-electron chi connectivity index (χ4n) is 1.57. The number of pyridine rings is 1. The van der Waals surface area contributed by atoms with Crippen LogP contribution in [0.5, 0.6) is 0 Å². The second-order valence-electron chi connectivity index (χ2n) is 4.44. The van der Waals surface area contributed by atoms with Crippen molar-refractivity contribution in [3.05, 3.63) is 41.9 Å². The molecule has 1 amide bonds. The number of aromatic amines is 1. The SMILES string of the molecule is CC(C)c1cc(NC(=O)Cc2ccncc2)n[nH]1. The molecular formula is C13H16N4O. The Morgan fingerprint density at radius 3 is 2.72 bits per heavy atom. The predicted molar refractivity (Wildman–Crippen MR) is 69.2 cm³/mol. The Morgan fingerprint density at radius 2 is 2.11 bits per heavy atom. The minimum atomic E-state index is -0.0805. The second-order valence-corrected chi connectivity index (χ2v) is 4.44. The van der Waals surface area contributed by atoms with Crippen molar-refractivity contribution in [3.63, 3.8) is 0 Å². The first-order valence-electron chi connectivity index (χ1n) is 5.89. The predicted octanol–water partition coefficient (Wildman–Crippen LogP) is 2.11. The number of amides is 1. The van der Waals surface area contributed by atoms with Gasteiger partial charge in [0.2, 0.25) is 5.91 Å². The first kappa shape index (κ1) is 12.3. The number of carbonyl (C=O) groups excluding carboxylic acids is 1. The Hall–Kier alpha value is -2.17. The summed E-state index contributed by atoms with van der Waals surface area (Å²) in [5.74, 6) is 0.851. The maximum absolute atomic E-state index is 11.8. The topological polar surface area (TPSA) is 70.7 Å². The van der Waals surface area contributed by atoms with Crippen LogP contribution in [0.15, 0.2) is 30.6 Å². The number of carbonyl (C=O) groups is 1. The van der Waals surface area contributed by atoms with Crippen LogP contribution in [0.2, 0.25) is 0 Å². The molecule has 0 saturated carbocycles. The van der Waals surface area contributed by atoms with E-state index in [1.807, 2.05) is 18.2 Å². The third-order valence-electron chi connectivity index (χ3n) is 2.60. The third kappa shape index (κ3) is 3.16. The summed E-state index contributed by atoms with van der Waals surface area (Å²) < 4.78 is 0. The van der Waals surface area contributed by atoms with E-state index in [-0.39, 0.29) is 5.91 Å². The zero-order valence-electron chi connectivity index (χ0n) is 10.5. The molecule has 0 aliphatic heterocycles. The first-order valence-corrected chi connectivity index (χ1v) is 5.89. The molecule has 0 spiro atoms. The molecule has 0 radical (unpaired) electrons. The zero-order valence-corrected chi connectivity index (χ0v) is 10.5. The average molecular weight is 244 g/mol. The van der Waals surface area contributed by atoms with Gasteiger partial charge in [0, 0.05) is 24.2 Å². The van der Waals surface area contributed by atoms with E-state index >= 15 is 0 Å². The quantitative estimate of drug-likeness (QED) is 0.865. The van der Waals surface area contributed by atoms with E-state index in [4.69, 9.17) is 0 Å². The fraction of sp³-hybridized carbons (Fsp3) is 0.308. The Bertz CT molecular complexity index is 519. The first-order chi connectivity index (χ1) is 8.65. The lowest BCUT2D eigenvalue weighted by Crippen LogP contribution is -2.14. The van der Waals surface area contributed by atoms with Crippen LogP contribution in [-0.2, 0) is 11.2 Å². The summed E-state index contributed by atoms with van der Waals surface area (Å²) in [6, 6.07) is 5.50. The molecule has 0 unspecified atom stereocenters. The molecule has 0 bridgehead atoms. The van der Waals surface area contributed by atoms with Crippen LogP contribution in [0.4, 0.5) is 5.82 Å². The molecular weight excluding hydrogens is 228 g/mol. The number of anilines is 1. The summed E-state index contributed by atoms with van der Waals surface area (Å²) in [5.41, 5.74) is 1.94. The van der Waals surface area contributed by atoms with E-state index in [2.05, 4.69) is 34.3 Å². The van der Waals surface area contributed by atoms with Crippen molar-refractivity contribution in [1.82, 2.24) is 15.2 Å². The molecule has 2 rings (SSSR count). The van der Waals surface area contributed by atoms with Crippen LogP contribution in [0.3, 0.4) is 0 Å². The number of aromatic nitrogens is 3. The lowest BCUT2D eigenvalue weighted by molar-refractivity contribution is -0.115. The zero-order chi connectivity index (χ0) is 13.0. The van der Waals surface area contributed by atoms with Crippen LogP contribution in [-0.4, -0.2) is 21.1 Å². The molecule has 2 aromatic rings. The Labute approximate surface area is 106 Å². The monoisotopic (exact) mass is 244 g/mol. The Morgan fingerprint density at radius 1 is 1.39 bits per heavy atom. The Kier molecular flexibility index (Phi) is 3.72. The standard InChI is InChI=1S/C13H16N4O/c1-9(2)11-8-12(17-16-11)15-13(18)7-10-3-5-14-6-4-10/h3-6,8-9H,7H2,1-2H3,(H2,15,16,17,18). The van der Waals surface area contributed by atoms with Gasteiger partial charge in [0.1, 0.15) is 0 Å². The maximum atomic E-state index is 11.8. The van der Waals surface area contributed by atoms with Crippen LogP contribution in [0.25, 0.3) is 0 Å². The largest absolute Gasteiger partial charge is 0.309 e. The molecule has 5 nitrogen and oxygen atoms in total. The number of nitrogens with one attached hydrogen (secondary N) is 2. The van der Waals surface area contributed by atoms with Gasteiger partial charge in [-0.15, -0.1) is 0 Å². The number of hydrogen-bond acceptors (Lipinski definition) is 3. The highest BCUT2D eigenvalue weighted by Crippen LogP contribution is 2.14. The van der Waals surface area contributed by atoms with Gasteiger partial charge in [-0.3, -0.25) is 14.9 Å². The molecule has 2 aromatic heterocycles. The summed E-state index contributed by atoms with van der Waals surface area (Å²) in [6.45, 7) is 4.13. The summed E-state index contributed by atoms with van der Waals surface area (Å²) in [6.07, 6.45) is 3.68. The van der Waals surface area contributed by atoms with Gasteiger partial charge in [-0.1, -0.05) is 13.8 Å². The summed E-state index contributed by atoms with van der Waals surface area (Å²) in [5, 5.41) is 9.71. The molecule has 94 valence electrons. The molecule has 0 aliphatic rings. The van der Waals surface area contributed by atoms with Crippen LogP contribution < -0.4 is 5.32 Å². The minimum absolute atomic E-state index is 0.0805. The van der Waals surface area contributed by atoms with Gasteiger partial charge in [0.15, 0.2) is 5.82 Å². The van der Waals surface area contributed by atoms with Crippen LogP contribution in [0.1, 0.15) is 31.0 Å². The van der Waals surface area contributed by atoms with E-state index in [0.29, 0.717) is 18.2 Å². The minimum Gasteiger partial charge on any atom is -0.309 e. The smallest absolute Gasteiger partial charge is 0.229 e. The number of H-pyrrole nitrogens is 1. The molecule has 0 atom stereocenters. The lowest BCUT2D eigenvalue weighted by atomic mass is 10.1. The molecule has 2 N–H and O–H groups in total. The average Bonchev–Trinajstić information content (AvgIpc) is 2.78. The molecule has 0 fully saturated rings. The van der Waals surface area contributed by atoms with Gasteiger partial charge in [-0.05, 0) is 23.6 Å². The van der Waals surface area contributed by atoms with E-state index in [9.17, 15) is 4.79 Å². The lowest BCUT2D eigenvalue weighted by Gasteiger charge is -2.01. The summed E-state index contributed by atoms with van der Waals surface area (Å²) in [7, 11) is 0. The maximum Gasteiger partial charge on any atom is 0.229 e. The molecule has 0 saturated heterocycles. The van der Waals surface area contributed by atoms with Crippen molar-refractivity contribution < 1.29 is 4.79 Å². The highest BCUT2D eigenvalue weighted by atomic mass is 16.1. The molecule has 0 aromatic carbocycles. The van der Waals surface area contributed by atoms with E-state index in [1.165, 1.54) is 0 Å². The number of nitrogens with zero attached hydrogens (tertiary/aromatic N) is 2.